The molecular formula is C29H33NO4. The van der Waals surface area contributed by atoms with Crippen LogP contribution in [0.2, 0.25) is 0 Å². The van der Waals surface area contributed by atoms with Gasteiger partial charge in [0.1, 0.15) is 0 Å². The van der Waals surface area contributed by atoms with Gasteiger partial charge in [0.05, 0.1) is 13.2 Å². The molecule has 4 rings (SSSR count). The van der Waals surface area contributed by atoms with E-state index in [0.29, 0.717) is 18.8 Å². The summed E-state index contributed by atoms with van der Waals surface area (Å²) >= 11 is 0. The fourth-order valence-electron chi connectivity index (χ4n) is 4.71. The fraction of sp³-hybridized carbons (Fsp3) is 0.414. The number of aliphatic hydroxyl groups excluding tert-OH is 1. The van der Waals surface area contributed by atoms with Crippen molar-refractivity contribution in [3.63, 3.8) is 0 Å². The monoisotopic (exact) mass is 459 g/mol. The molecule has 2 aromatic rings. The number of nitrogens with zero attached hydrogens (tertiary/aromatic N) is 1. The van der Waals surface area contributed by atoms with Crippen LogP contribution in [0.1, 0.15) is 66.7 Å². The average molecular weight is 460 g/mol. The fourth-order valence-corrected chi connectivity index (χ4v) is 4.71. The molecule has 0 saturated heterocycles. The lowest BCUT2D eigenvalue weighted by Crippen LogP contribution is -2.41. The zero-order valence-electron chi connectivity index (χ0n) is 19.8. The summed E-state index contributed by atoms with van der Waals surface area (Å²) in [5.74, 6) is 2.90. The van der Waals surface area contributed by atoms with Gasteiger partial charge in [-0.05, 0) is 47.7 Å². The number of carbonyl (C=O) groups excluding carboxylic acids is 1. The van der Waals surface area contributed by atoms with Gasteiger partial charge in [-0.1, -0.05) is 61.6 Å². The molecule has 1 saturated carbocycles. The number of terminal acetylenes is 1. The van der Waals surface area contributed by atoms with Crippen LogP contribution in [0.25, 0.3) is 0 Å². The average Bonchev–Trinajstić information content (AvgIpc) is 2.91. The van der Waals surface area contributed by atoms with Gasteiger partial charge >= 0.3 is 0 Å². The highest BCUT2D eigenvalue weighted by Gasteiger charge is 2.32. The van der Waals surface area contributed by atoms with Crippen molar-refractivity contribution in [2.24, 2.45) is 0 Å². The number of amides is 1. The highest BCUT2D eigenvalue weighted by Crippen LogP contribution is 2.33. The normalized spacial score (nSPS) is 20.7. The summed E-state index contributed by atoms with van der Waals surface area (Å²) in [6.45, 7) is 0.372. The van der Waals surface area contributed by atoms with Crippen molar-refractivity contribution in [2.75, 3.05) is 7.05 Å². The SMILES string of the molecule is C#Cc1ccc([C@H]2C=C(C(=O)N(C)C3CCCCC3)O[C@@H](OCc3ccc(CO)cc3)C2)cc1. The Balaban J connectivity index is 1.51. The largest absolute Gasteiger partial charge is 0.459 e. The number of hydrogen-bond donors (Lipinski definition) is 1. The minimum absolute atomic E-state index is 0.0117. The molecule has 1 N–H and O–H groups in total. The number of hydrogen-bond acceptors (Lipinski definition) is 4. The predicted octanol–water partition coefficient (Wildman–Crippen LogP) is 4.88. The minimum Gasteiger partial charge on any atom is -0.459 e. The summed E-state index contributed by atoms with van der Waals surface area (Å²) in [5, 5.41) is 9.25. The summed E-state index contributed by atoms with van der Waals surface area (Å²) < 4.78 is 12.2. The highest BCUT2D eigenvalue weighted by molar-refractivity contribution is 5.91. The third kappa shape index (κ3) is 5.88. The van der Waals surface area contributed by atoms with E-state index in [1.165, 1.54) is 6.42 Å². The first kappa shape index (κ1) is 24.1. The molecule has 0 spiro atoms. The van der Waals surface area contributed by atoms with Crippen molar-refractivity contribution < 1.29 is 19.4 Å². The number of ether oxygens (including phenoxy) is 2. The number of likely N-dealkylation sites (N-methyl/N-ethyl adjacent to an activating group) is 1. The van der Waals surface area contributed by atoms with Crippen LogP contribution in [0, 0.1) is 12.3 Å². The molecule has 2 atom stereocenters. The summed E-state index contributed by atoms with van der Waals surface area (Å²) in [6.07, 6.45) is 13.1. The molecule has 1 aliphatic heterocycles. The lowest BCUT2D eigenvalue weighted by Gasteiger charge is -2.34. The van der Waals surface area contributed by atoms with E-state index >= 15 is 0 Å². The molecule has 1 heterocycles. The second kappa shape index (κ2) is 11.4. The van der Waals surface area contributed by atoms with Crippen LogP contribution in [0.4, 0.5) is 0 Å². The quantitative estimate of drug-likeness (QED) is 0.600. The van der Waals surface area contributed by atoms with Crippen molar-refractivity contribution in [1.29, 1.82) is 0 Å². The van der Waals surface area contributed by atoms with E-state index in [4.69, 9.17) is 15.9 Å². The van der Waals surface area contributed by atoms with Crippen molar-refractivity contribution in [3.8, 4) is 12.3 Å². The molecule has 34 heavy (non-hydrogen) atoms. The Hall–Kier alpha value is -3.07. The second-order valence-electron chi connectivity index (χ2n) is 9.18. The lowest BCUT2D eigenvalue weighted by molar-refractivity contribution is -0.156. The third-order valence-corrected chi connectivity index (χ3v) is 6.86. The van der Waals surface area contributed by atoms with Crippen LogP contribution in [0.15, 0.2) is 60.4 Å². The van der Waals surface area contributed by atoms with Gasteiger partial charge < -0.3 is 19.5 Å². The Kier molecular flexibility index (Phi) is 8.05. The van der Waals surface area contributed by atoms with Gasteiger partial charge in [-0.15, -0.1) is 6.42 Å². The molecule has 5 heteroatoms. The van der Waals surface area contributed by atoms with Crippen molar-refractivity contribution in [2.45, 2.75) is 70.0 Å². The molecule has 2 aliphatic rings. The highest BCUT2D eigenvalue weighted by atomic mass is 16.7. The molecule has 0 radical (unpaired) electrons. The van der Waals surface area contributed by atoms with Crippen LogP contribution in [-0.4, -0.2) is 35.3 Å². The van der Waals surface area contributed by atoms with Crippen LogP contribution in [0.3, 0.4) is 0 Å². The Labute approximate surface area is 202 Å². The van der Waals surface area contributed by atoms with E-state index in [9.17, 15) is 9.90 Å². The zero-order valence-corrected chi connectivity index (χ0v) is 19.8. The van der Waals surface area contributed by atoms with Crippen LogP contribution < -0.4 is 0 Å². The maximum absolute atomic E-state index is 13.4. The molecule has 2 aromatic carbocycles. The molecule has 5 nitrogen and oxygen atoms in total. The standard InChI is InChI=1S/C29H33NO4/c1-3-21-13-15-24(16-14-21)25-17-27(29(32)30(2)26-7-5-4-6-8-26)34-28(18-25)33-20-23-11-9-22(19-31)10-12-23/h1,9-17,25-26,28,31H,4-8,18-20H2,2H3/t25-,28+/m0/s1. The van der Waals surface area contributed by atoms with Crippen LogP contribution in [0.5, 0.6) is 0 Å². The Morgan fingerprint density at radius 1 is 1.09 bits per heavy atom. The molecule has 0 bridgehead atoms. The van der Waals surface area contributed by atoms with Gasteiger partial charge in [0.15, 0.2) is 5.76 Å². The van der Waals surface area contributed by atoms with E-state index in [1.807, 2.05) is 66.6 Å². The van der Waals surface area contributed by atoms with Crippen molar-refractivity contribution in [1.82, 2.24) is 4.90 Å². The van der Waals surface area contributed by atoms with Crippen molar-refractivity contribution in [3.05, 3.63) is 82.6 Å². The van der Waals surface area contributed by atoms with Gasteiger partial charge in [0.2, 0.25) is 6.29 Å². The smallest absolute Gasteiger partial charge is 0.288 e. The molecular weight excluding hydrogens is 426 g/mol. The van der Waals surface area contributed by atoms with E-state index in [-0.39, 0.29) is 24.5 Å². The maximum atomic E-state index is 13.4. The topological polar surface area (TPSA) is 59.0 Å². The van der Waals surface area contributed by atoms with Crippen LogP contribution in [-0.2, 0) is 27.5 Å². The Morgan fingerprint density at radius 2 is 1.76 bits per heavy atom. The first-order valence-corrected chi connectivity index (χ1v) is 12.1. The van der Waals surface area contributed by atoms with Crippen LogP contribution >= 0.6 is 0 Å². The maximum Gasteiger partial charge on any atom is 0.288 e. The summed E-state index contributed by atoms with van der Waals surface area (Å²) in [7, 11) is 1.88. The number of rotatable bonds is 7. The first-order valence-electron chi connectivity index (χ1n) is 12.1. The number of aliphatic hydroxyl groups is 1. The predicted molar refractivity (Wildman–Crippen MR) is 131 cm³/mol. The van der Waals surface area contributed by atoms with Gasteiger partial charge in [-0.2, -0.15) is 0 Å². The summed E-state index contributed by atoms with van der Waals surface area (Å²) in [5.41, 5.74) is 3.74. The van der Waals surface area contributed by atoms with E-state index in [0.717, 1.165) is 47.9 Å². The molecule has 1 amide bonds. The summed E-state index contributed by atoms with van der Waals surface area (Å²) in [4.78, 5) is 15.2. The molecule has 0 unspecified atom stereocenters. The third-order valence-electron chi connectivity index (χ3n) is 6.86. The first-order chi connectivity index (χ1) is 16.6. The zero-order chi connectivity index (χ0) is 23.9. The lowest BCUT2D eigenvalue weighted by atomic mass is 9.91. The molecule has 178 valence electrons. The van der Waals surface area contributed by atoms with Gasteiger partial charge in [0, 0.05) is 31.0 Å². The Bertz CT molecular complexity index is 1030. The summed E-state index contributed by atoms with van der Waals surface area (Å²) in [6, 6.07) is 15.8. The number of carbonyl (C=O) groups is 1. The van der Waals surface area contributed by atoms with E-state index < -0.39 is 6.29 Å². The van der Waals surface area contributed by atoms with Crippen molar-refractivity contribution >= 4 is 5.91 Å². The second-order valence-corrected chi connectivity index (χ2v) is 9.18. The van der Waals surface area contributed by atoms with Gasteiger partial charge in [-0.3, -0.25) is 4.79 Å². The molecule has 1 fully saturated rings. The Morgan fingerprint density at radius 3 is 2.41 bits per heavy atom. The number of allylic oxidation sites excluding steroid dienone is 1. The van der Waals surface area contributed by atoms with Gasteiger partial charge in [-0.25, -0.2) is 0 Å². The molecule has 1 aliphatic carbocycles. The van der Waals surface area contributed by atoms with E-state index in [2.05, 4.69) is 5.92 Å². The minimum atomic E-state index is -0.543. The van der Waals surface area contributed by atoms with E-state index in [1.54, 1.807) is 0 Å². The number of benzene rings is 2. The molecule has 0 aromatic heterocycles. The van der Waals surface area contributed by atoms with Gasteiger partial charge in [0.25, 0.3) is 5.91 Å².